The Balaban J connectivity index is 1.88. The number of H-pyrrole nitrogens is 1. The molecule has 0 amide bonds. The standard InChI is InChI=1S/C16H16FN3O/c1-10-14(19-9-18-10)4-6-16(21)13-8-20(2)15-5-3-11(17)7-12(13)15/h3,5,7-9H,4,6H2,1-2H3,(H,18,19). The Morgan fingerprint density at radius 2 is 2.24 bits per heavy atom. The van der Waals surface area contributed by atoms with Gasteiger partial charge in [0.2, 0.25) is 0 Å². The summed E-state index contributed by atoms with van der Waals surface area (Å²) in [4.78, 5) is 19.6. The summed E-state index contributed by atoms with van der Waals surface area (Å²) in [7, 11) is 1.86. The maximum atomic E-state index is 13.4. The predicted octanol–water partition coefficient (Wildman–Crippen LogP) is 3.16. The zero-order valence-electron chi connectivity index (χ0n) is 12.0. The van der Waals surface area contributed by atoms with Crippen molar-refractivity contribution in [3.05, 3.63) is 53.5 Å². The molecule has 2 heterocycles. The van der Waals surface area contributed by atoms with Crippen LogP contribution in [0.2, 0.25) is 0 Å². The van der Waals surface area contributed by atoms with Gasteiger partial charge in [0.25, 0.3) is 0 Å². The van der Waals surface area contributed by atoms with Gasteiger partial charge in [-0.3, -0.25) is 4.79 Å². The monoisotopic (exact) mass is 285 g/mol. The third kappa shape index (κ3) is 2.46. The second kappa shape index (κ2) is 5.16. The number of nitrogens with zero attached hydrogens (tertiary/aromatic N) is 2. The molecule has 0 aliphatic carbocycles. The summed E-state index contributed by atoms with van der Waals surface area (Å²) in [6.07, 6.45) is 4.34. The minimum absolute atomic E-state index is 0.00796. The molecule has 0 radical (unpaired) electrons. The van der Waals surface area contributed by atoms with Crippen molar-refractivity contribution in [3.8, 4) is 0 Å². The topological polar surface area (TPSA) is 50.7 Å². The first-order valence-corrected chi connectivity index (χ1v) is 6.83. The van der Waals surface area contributed by atoms with Crippen LogP contribution >= 0.6 is 0 Å². The molecule has 1 aromatic carbocycles. The van der Waals surface area contributed by atoms with Gasteiger partial charge >= 0.3 is 0 Å². The smallest absolute Gasteiger partial charge is 0.165 e. The summed E-state index contributed by atoms with van der Waals surface area (Å²) in [5.41, 5.74) is 3.30. The normalized spacial score (nSPS) is 11.2. The van der Waals surface area contributed by atoms with Crippen LogP contribution in [0.1, 0.15) is 28.2 Å². The minimum Gasteiger partial charge on any atom is -0.350 e. The van der Waals surface area contributed by atoms with E-state index in [4.69, 9.17) is 0 Å². The second-order valence-corrected chi connectivity index (χ2v) is 5.21. The molecule has 0 aliphatic heterocycles. The number of benzene rings is 1. The number of carbonyl (C=O) groups is 1. The van der Waals surface area contributed by atoms with E-state index in [2.05, 4.69) is 9.97 Å². The van der Waals surface area contributed by atoms with E-state index in [0.717, 1.165) is 16.9 Å². The number of hydrogen-bond donors (Lipinski definition) is 1. The molecule has 0 aliphatic rings. The Hall–Kier alpha value is -2.43. The fraction of sp³-hybridized carbons (Fsp3) is 0.250. The number of imidazole rings is 1. The van der Waals surface area contributed by atoms with Gasteiger partial charge < -0.3 is 9.55 Å². The molecule has 2 aromatic heterocycles. The molecule has 5 heteroatoms. The molecule has 0 unspecified atom stereocenters. The Labute approximate surface area is 121 Å². The van der Waals surface area contributed by atoms with Gasteiger partial charge in [0.1, 0.15) is 5.82 Å². The SMILES string of the molecule is Cc1[nH]cnc1CCC(=O)c1cn(C)c2ccc(F)cc12. The zero-order valence-corrected chi connectivity index (χ0v) is 12.0. The third-order valence-corrected chi connectivity index (χ3v) is 3.78. The van der Waals surface area contributed by atoms with Crippen LogP contribution in [0.25, 0.3) is 10.9 Å². The number of nitrogens with one attached hydrogen (secondary N) is 1. The molecule has 3 rings (SSSR count). The van der Waals surface area contributed by atoms with E-state index in [1.807, 2.05) is 18.5 Å². The van der Waals surface area contributed by atoms with Gasteiger partial charge in [-0.05, 0) is 31.5 Å². The molecular weight excluding hydrogens is 269 g/mol. The lowest BCUT2D eigenvalue weighted by Crippen LogP contribution is -2.01. The largest absolute Gasteiger partial charge is 0.350 e. The highest BCUT2D eigenvalue weighted by Crippen LogP contribution is 2.23. The fourth-order valence-electron chi connectivity index (χ4n) is 2.59. The van der Waals surface area contributed by atoms with Gasteiger partial charge in [0.05, 0.1) is 12.0 Å². The first-order valence-electron chi connectivity index (χ1n) is 6.83. The number of aromatic amines is 1. The first kappa shape index (κ1) is 13.5. The van der Waals surface area contributed by atoms with E-state index in [1.165, 1.54) is 12.1 Å². The number of ketones is 1. The number of hydrogen-bond acceptors (Lipinski definition) is 2. The van der Waals surface area contributed by atoms with Crippen molar-refractivity contribution < 1.29 is 9.18 Å². The van der Waals surface area contributed by atoms with Crippen LogP contribution < -0.4 is 0 Å². The maximum absolute atomic E-state index is 13.4. The van der Waals surface area contributed by atoms with Crippen LogP contribution in [0.4, 0.5) is 4.39 Å². The van der Waals surface area contributed by atoms with Crippen LogP contribution in [0, 0.1) is 12.7 Å². The Kier molecular flexibility index (Phi) is 3.33. The summed E-state index contributed by atoms with van der Waals surface area (Å²) in [6, 6.07) is 4.52. The highest BCUT2D eigenvalue weighted by Gasteiger charge is 2.15. The van der Waals surface area contributed by atoms with E-state index < -0.39 is 0 Å². The third-order valence-electron chi connectivity index (χ3n) is 3.78. The Bertz CT molecular complexity index is 816. The van der Waals surface area contributed by atoms with Gasteiger partial charge in [0.15, 0.2) is 5.78 Å². The van der Waals surface area contributed by atoms with Gasteiger partial charge in [-0.2, -0.15) is 0 Å². The van der Waals surface area contributed by atoms with Crippen LogP contribution in [-0.2, 0) is 13.5 Å². The predicted molar refractivity (Wildman–Crippen MR) is 78.9 cm³/mol. The molecule has 3 aromatic rings. The Morgan fingerprint density at radius 3 is 2.95 bits per heavy atom. The lowest BCUT2D eigenvalue weighted by Gasteiger charge is -2.00. The molecule has 0 fully saturated rings. The minimum atomic E-state index is -0.328. The molecule has 108 valence electrons. The number of fused-ring (bicyclic) bond motifs is 1. The second-order valence-electron chi connectivity index (χ2n) is 5.21. The number of aryl methyl sites for hydroxylation is 3. The maximum Gasteiger partial charge on any atom is 0.165 e. The molecule has 0 saturated carbocycles. The van der Waals surface area contributed by atoms with Crippen molar-refractivity contribution in [3.63, 3.8) is 0 Å². The quantitative estimate of drug-likeness (QED) is 0.749. The Morgan fingerprint density at radius 1 is 1.43 bits per heavy atom. The molecule has 0 bridgehead atoms. The van der Waals surface area contributed by atoms with E-state index in [0.29, 0.717) is 23.8 Å². The molecule has 1 N–H and O–H groups in total. The fourth-order valence-corrected chi connectivity index (χ4v) is 2.59. The summed E-state index contributed by atoms with van der Waals surface area (Å²) in [6.45, 7) is 1.93. The van der Waals surface area contributed by atoms with Crippen molar-refractivity contribution in [2.75, 3.05) is 0 Å². The molecular formula is C16H16FN3O. The summed E-state index contributed by atoms with van der Waals surface area (Å²) < 4.78 is 15.3. The van der Waals surface area contributed by atoms with Gasteiger partial charge in [-0.1, -0.05) is 0 Å². The van der Waals surface area contributed by atoms with Crippen LogP contribution in [-0.4, -0.2) is 20.3 Å². The highest BCUT2D eigenvalue weighted by molar-refractivity contribution is 6.08. The summed E-state index contributed by atoms with van der Waals surface area (Å²) >= 11 is 0. The van der Waals surface area contributed by atoms with Gasteiger partial charge in [0, 0.05) is 41.8 Å². The van der Waals surface area contributed by atoms with E-state index in [9.17, 15) is 9.18 Å². The van der Waals surface area contributed by atoms with Crippen molar-refractivity contribution in [2.45, 2.75) is 19.8 Å². The van der Waals surface area contributed by atoms with Crippen molar-refractivity contribution >= 4 is 16.7 Å². The number of rotatable bonds is 4. The number of Topliss-reactive ketones (excluding diaryl/α,β-unsaturated/α-hetero) is 1. The van der Waals surface area contributed by atoms with Crippen LogP contribution in [0.3, 0.4) is 0 Å². The zero-order chi connectivity index (χ0) is 15.0. The van der Waals surface area contributed by atoms with Crippen LogP contribution in [0.15, 0.2) is 30.7 Å². The van der Waals surface area contributed by atoms with Gasteiger partial charge in [-0.25, -0.2) is 9.37 Å². The molecule has 0 spiro atoms. The first-order chi connectivity index (χ1) is 10.1. The van der Waals surface area contributed by atoms with Crippen molar-refractivity contribution in [1.82, 2.24) is 14.5 Å². The summed E-state index contributed by atoms with van der Waals surface area (Å²) in [5, 5.41) is 0.668. The average molecular weight is 285 g/mol. The van der Waals surface area contributed by atoms with E-state index >= 15 is 0 Å². The van der Waals surface area contributed by atoms with Crippen molar-refractivity contribution in [2.24, 2.45) is 7.05 Å². The number of aromatic nitrogens is 3. The number of halogens is 1. The molecule has 0 saturated heterocycles. The summed E-state index contributed by atoms with van der Waals surface area (Å²) in [5.74, 6) is -0.320. The molecule has 0 atom stereocenters. The lowest BCUT2D eigenvalue weighted by molar-refractivity contribution is 0.0984. The van der Waals surface area contributed by atoms with Gasteiger partial charge in [-0.15, -0.1) is 0 Å². The van der Waals surface area contributed by atoms with Crippen molar-refractivity contribution in [1.29, 1.82) is 0 Å². The van der Waals surface area contributed by atoms with E-state index in [-0.39, 0.29) is 11.6 Å². The number of carbonyl (C=O) groups excluding carboxylic acids is 1. The van der Waals surface area contributed by atoms with E-state index in [1.54, 1.807) is 18.6 Å². The highest BCUT2D eigenvalue weighted by atomic mass is 19.1. The van der Waals surface area contributed by atoms with Crippen LogP contribution in [0.5, 0.6) is 0 Å². The average Bonchev–Trinajstić information content (AvgIpc) is 3.00. The lowest BCUT2D eigenvalue weighted by atomic mass is 10.0. The molecule has 21 heavy (non-hydrogen) atoms. The molecule has 4 nitrogen and oxygen atoms in total.